The number of ether oxygens (including phenoxy) is 2. The normalized spacial score (nSPS) is 11.8. The highest BCUT2D eigenvalue weighted by Crippen LogP contribution is 2.20. The average Bonchev–Trinajstić information content (AvgIpc) is 2.34. The van der Waals surface area contributed by atoms with Crippen molar-refractivity contribution in [2.45, 2.75) is 59.4 Å². The van der Waals surface area contributed by atoms with Gasteiger partial charge in [-0.3, -0.25) is 0 Å². The maximum atomic E-state index is 12.4. The first-order valence-corrected chi connectivity index (χ1v) is 7.26. The van der Waals surface area contributed by atoms with Crippen molar-refractivity contribution in [1.29, 1.82) is 0 Å². The van der Waals surface area contributed by atoms with Gasteiger partial charge in [-0.1, -0.05) is 6.07 Å². The summed E-state index contributed by atoms with van der Waals surface area (Å²) in [5.41, 5.74) is -1.25. The van der Waals surface area contributed by atoms with E-state index in [1.165, 1.54) is 6.07 Å². The molecule has 0 aliphatic rings. The van der Waals surface area contributed by atoms with E-state index in [1.54, 1.807) is 53.7 Å². The Morgan fingerprint density at radius 3 is 1.91 bits per heavy atom. The fraction of sp³-hybridized carbons (Fsp3) is 0.562. The molecular weight excluding hydrogens is 300 g/mol. The van der Waals surface area contributed by atoms with E-state index in [-0.39, 0.29) is 12.4 Å². The van der Waals surface area contributed by atoms with Crippen LogP contribution in [0.4, 0.5) is 15.4 Å². The Hall–Kier alpha value is -2.15. The summed E-state index contributed by atoms with van der Waals surface area (Å²) in [5, 5.41) is 9.18. The molecule has 0 atom stereocenters. The number of carbonyl (C=O) groups excluding carboxylic acids is 2. The minimum absolute atomic E-state index is 0.0278. The molecule has 7 nitrogen and oxygen atoms in total. The number of anilines is 1. The minimum atomic E-state index is -0.894. The zero-order chi connectivity index (χ0) is 17.8. The fourth-order valence-corrected chi connectivity index (χ4v) is 1.56. The lowest BCUT2D eigenvalue weighted by molar-refractivity contribution is 0.0429. The first-order chi connectivity index (χ1) is 10.4. The van der Waals surface area contributed by atoms with Crippen LogP contribution in [0.2, 0.25) is 0 Å². The molecule has 0 saturated heterocycles. The SMILES string of the molecule is CC(C)(C)OC(=O)N(C(=O)OC(C)(C)C)c1cccc(CO)n1. The van der Waals surface area contributed by atoms with E-state index in [9.17, 15) is 14.7 Å². The lowest BCUT2D eigenvalue weighted by Gasteiger charge is -2.28. The molecule has 1 heterocycles. The molecule has 0 radical (unpaired) electrons. The number of nitrogens with zero attached hydrogens (tertiary/aromatic N) is 2. The molecule has 0 spiro atoms. The van der Waals surface area contributed by atoms with Gasteiger partial charge in [0.15, 0.2) is 0 Å². The molecule has 1 rings (SSSR count). The third-order valence-electron chi connectivity index (χ3n) is 2.34. The monoisotopic (exact) mass is 324 g/mol. The zero-order valence-corrected chi connectivity index (χ0v) is 14.4. The Morgan fingerprint density at radius 2 is 1.52 bits per heavy atom. The molecule has 1 aromatic heterocycles. The van der Waals surface area contributed by atoms with Crippen LogP contribution >= 0.6 is 0 Å². The Morgan fingerprint density at radius 1 is 1.04 bits per heavy atom. The van der Waals surface area contributed by atoms with Crippen LogP contribution in [0.15, 0.2) is 18.2 Å². The number of hydrogen-bond donors (Lipinski definition) is 1. The summed E-state index contributed by atoms with van der Waals surface area (Å²) < 4.78 is 10.5. The Kier molecular flexibility index (Phi) is 5.71. The van der Waals surface area contributed by atoms with E-state index in [1.807, 2.05) is 0 Å². The molecule has 0 fully saturated rings. The topological polar surface area (TPSA) is 89.0 Å². The summed E-state index contributed by atoms with van der Waals surface area (Å²) in [5.74, 6) is 0.0278. The van der Waals surface area contributed by atoms with E-state index < -0.39 is 23.4 Å². The molecule has 1 N–H and O–H groups in total. The number of carbonyl (C=O) groups is 2. The van der Waals surface area contributed by atoms with Gasteiger partial charge < -0.3 is 14.6 Å². The van der Waals surface area contributed by atoms with Crippen molar-refractivity contribution in [1.82, 2.24) is 4.98 Å². The highest BCUT2D eigenvalue weighted by Gasteiger charge is 2.33. The van der Waals surface area contributed by atoms with Crippen molar-refractivity contribution in [3.8, 4) is 0 Å². The highest BCUT2D eigenvalue weighted by atomic mass is 16.6. The number of aliphatic hydroxyl groups excluding tert-OH is 1. The predicted molar refractivity (Wildman–Crippen MR) is 85.1 cm³/mol. The van der Waals surface area contributed by atoms with Crippen molar-refractivity contribution in [3.63, 3.8) is 0 Å². The number of hydrogen-bond acceptors (Lipinski definition) is 6. The summed E-state index contributed by atoms with van der Waals surface area (Å²) in [7, 11) is 0. The van der Waals surface area contributed by atoms with E-state index in [2.05, 4.69) is 4.98 Å². The third kappa shape index (κ3) is 6.23. The van der Waals surface area contributed by atoms with Crippen molar-refractivity contribution in [3.05, 3.63) is 23.9 Å². The number of imide groups is 1. The van der Waals surface area contributed by atoms with Crippen molar-refractivity contribution >= 4 is 18.0 Å². The molecule has 0 aliphatic carbocycles. The van der Waals surface area contributed by atoms with Gasteiger partial charge in [-0.2, -0.15) is 4.90 Å². The molecule has 1 aromatic rings. The lowest BCUT2D eigenvalue weighted by atomic mass is 10.2. The number of aromatic nitrogens is 1. The van der Waals surface area contributed by atoms with Gasteiger partial charge in [0.1, 0.15) is 17.0 Å². The molecule has 0 saturated carbocycles. The van der Waals surface area contributed by atoms with E-state index in [0.717, 1.165) is 4.90 Å². The van der Waals surface area contributed by atoms with Crippen molar-refractivity contribution in [2.75, 3.05) is 4.90 Å². The first kappa shape index (κ1) is 18.9. The van der Waals surface area contributed by atoms with Gasteiger partial charge in [0.2, 0.25) is 0 Å². The van der Waals surface area contributed by atoms with E-state index >= 15 is 0 Å². The van der Waals surface area contributed by atoms with Gasteiger partial charge >= 0.3 is 12.2 Å². The number of pyridine rings is 1. The van der Waals surface area contributed by atoms with Crippen LogP contribution in [-0.2, 0) is 16.1 Å². The predicted octanol–water partition coefficient (Wildman–Crippen LogP) is 3.25. The fourth-order valence-electron chi connectivity index (χ4n) is 1.56. The second kappa shape index (κ2) is 6.95. The van der Waals surface area contributed by atoms with E-state index in [0.29, 0.717) is 5.69 Å². The van der Waals surface area contributed by atoms with Gasteiger partial charge in [0.25, 0.3) is 0 Å². The summed E-state index contributed by atoms with van der Waals surface area (Å²) in [6.45, 7) is 9.83. The molecule has 0 bridgehead atoms. The largest absolute Gasteiger partial charge is 0.443 e. The highest BCUT2D eigenvalue weighted by molar-refractivity contribution is 6.08. The Labute approximate surface area is 136 Å². The second-order valence-electron chi connectivity index (χ2n) is 6.94. The summed E-state index contributed by atoms with van der Waals surface area (Å²) in [4.78, 5) is 29.6. The van der Waals surface area contributed by atoms with Gasteiger partial charge in [0, 0.05) is 0 Å². The van der Waals surface area contributed by atoms with Gasteiger partial charge in [-0.15, -0.1) is 0 Å². The molecule has 2 amide bonds. The first-order valence-electron chi connectivity index (χ1n) is 7.26. The molecule has 23 heavy (non-hydrogen) atoms. The molecule has 0 aliphatic heterocycles. The van der Waals surface area contributed by atoms with Crippen LogP contribution in [0.5, 0.6) is 0 Å². The van der Waals surface area contributed by atoms with Crippen LogP contribution < -0.4 is 4.90 Å². The van der Waals surface area contributed by atoms with Crippen LogP contribution in [0.3, 0.4) is 0 Å². The molecular formula is C16H24N2O5. The lowest BCUT2D eigenvalue weighted by Crippen LogP contribution is -2.44. The van der Waals surface area contributed by atoms with Crippen LogP contribution in [0.25, 0.3) is 0 Å². The van der Waals surface area contributed by atoms with Crippen LogP contribution in [-0.4, -0.2) is 33.5 Å². The van der Waals surface area contributed by atoms with Crippen molar-refractivity contribution in [2.24, 2.45) is 0 Å². The van der Waals surface area contributed by atoms with E-state index in [4.69, 9.17) is 9.47 Å². The summed E-state index contributed by atoms with van der Waals surface area (Å²) in [6.07, 6.45) is -1.79. The maximum Gasteiger partial charge on any atom is 0.425 e. The van der Waals surface area contributed by atoms with Gasteiger partial charge in [-0.05, 0) is 53.7 Å². The van der Waals surface area contributed by atoms with Crippen molar-refractivity contribution < 1.29 is 24.2 Å². The average molecular weight is 324 g/mol. The number of aliphatic hydroxyl groups is 1. The van der Waals surface area contributed by atoms with Crippen LogP contribution in [0.1, 0.15) is 47.2 Å². The maximum absolute atomic E-state index is 12.4. The smallest absolute Gasteiger partial charge is 0.425 e. The Bertz CT molecular complexity index is 545. The van der Waals surface area contributed by atoms with Crippen LogP contribution in [0, 0.1) is 0 Å². The second-order valence-corrected chi connectivity index (χ2v) is 6.94. The minimum Gasteiger partial charge on any atom is -0.443 e. The summed E-state index contributed by atoms with van der Waals surface area (Å²) >= 11 is 0. The van der Waals surface area contributed by atoms with Gasteiger partial charge in [-0.25, -0.2) is 14.6 Å². The summed E-state index contributed by atoms with van der Waals surface area (Å²) in [6, 6.07) is 4.62. The number of rotatable bonds is 2. The molecule has 0 aromatic carbocycles. The third-order valence-corrected chi connectivity index (χ3v) is 2.34. The van der Waals surface area contributed by atoms with Gasteiger partial charge in [0.05, 0.1) is 12.3 Å². The zero-order valence-electron chi connectivity index (χ0n) is 14.4. The molecule has 0 unspecified atom stereocenters. The molecule has 7 heteroatoms. The quantitative estimate of drug-likeness (QED) is 0.898. The Balaban J connectivity index is 3.19. The number of amides is 2. The molecule has 128 valence electrons. The standard InChI is InChI=1S/C16H24N2O5/c1-15(2,3)22-13(20)18(14(21)23-16(4,5)6)12-9-7-8-11(10-19)17-12/h7-9,19H,10H2,1-6H3.